The quantitative estimate of drug-likeness (QED) is 0.376. The van der Waals surface area contributed by atoms with Crippen LogP contribution < -0.4 is 0 Å². The van der Waals surface area contributed by atoms with Crippen molar-refractivity contribution in [2.24, 2.45) is 0 Å². The zero-order chi connectivity index (χ0) is 11.8. The van der Waals surface area contributed by atoms with Crippen LogP contribution in [0.25, 0.3) is 0 Å². The molecule has 0 aromatic heterocycles. The van der Waals surface area contributed by atoms with Crippen LogP contribution in [0.2, 0.25) is 13.9 Å². The Morgan fingerprint density at radius 2 is 1.35 bits per heavy atom. The Kier molecular flexibility index (Phi) is 5.55. The van der Waals surface area contributed by atoms with Crippen LogP contribution in [0.1, 0.15) is 12.8 Å². The summed E-state index contributed by atoms with van der Waals surface area (Å²) in [4.78, 5) is 1.90. The predicted molar refractivity (Wildman–Crippen MR) is 87.1 cm³/mol. The third-order valence-corrected chi connectivity index (χ3v) is 16.5. The van der Waals surface area contributed by atoms with Crippen LogP contribution in [-0.4, -0.2) is 91.9 Å². The molecule has 4 unspecified atom stereocenters. The van der Waals surface area contributed by atoms with Crippen molar-refractivity contribution in [3.05, 3.63) is 0 Å². The molecular formula is C11H14S2Se4. The van der Waals surface area contributed by atoms with Gasteiger partial charge in [0.25, 0.3) is 0 Å². The molecule has 3 aliphatic rings. The van der Waals surface area contributed by atoms with Crippen molar-refractivity contribution in [1.29, 1.82) is 0 Å². The fourth-order valence-corrected chi connectivity index (χ4v) is 16.4. The van der Waals surface area contributed by atoms with Crippen LogP contribution >= 0.6 is 23.5 Å². The Morgan fingerprint density at radius 1 is 0.941 bits per heavy atom. The average molecular weight is 526 g/mol. The molecule has 94 valence electrons. The van der Waals surface area contributed by atoms with E-state index >= 15 is 0 Å². The number of thioether (sulfide) groups is 2. The van der Waals surface area contributed by atoms with Crippen molar-refractivity contribution in [2.75, 3.05) is 11.5 Å². The van der Waals surface area contributed by atoms with Crippen molar-refractivity contribution in [3.63, 3.8) is 0 Å². The van der Waals surface area contributed by atoms with Crippen molar-refractivity contribution >= 4 is 93.4 Å². The molecule has 0 radical (unpaired) electrons. The van der Waals surface area contributed by atoms with Gasteiger partial charge in [-0.15, -0.1) is 0 Å². The Morgan fingerprint density at radius 3 is 1.71 bits per heavy atom. The molecule has 3 saturated heterocycles. The van der Waals surface area contributed by atoms with Crippen LogP contribution in [-0.2, 0) is 0 Å². The fourth-order valence-electron chi connectivity index (χ4n) is 1.94. The molecule has 3 aliphatic heterocycles. The molecule has 3 heterocycles. The van der Waals surface area contributed by atoms with Crippen LogP contribution in [0.3, 0.4) is 0 Å². The third kappa shape index (κ3) is 4.24. The Hall–Kier alpha value is 2.52. The molecule has 0 N–H and O–H groups in total. The van der Waals surface area contributed by atoms with E-state index in [1.165, 1.54) is 24.3 Å². The molecule has 0 nitrogen and oxygen atoms in total. The Bertz CT molecular complexity index is 306. The topological polar surface area (TPSA) is 0 Å². The first kappa shape index (κ1) is 14.5. The van der Waals surface area contributed by atoms with Gasteiger partial charge < -0.3 is 0 Å². The second-order valence-electron chi connectivity index (χ2n) is 4.54. The molecule has 0 amide bonds. The molecule has 0 saturated carbocycles. The minimum absolute atomic E-state index is 0.886. The molecule has 0 aromatic rings. The van der Waals surface area contributed by atoms with Crippen molar-refractivity contribution in [2.45, 2.75) is 37.2 Å². The van der Waals surface area contributed by atoms with E-state index in [4.69, 9.17) is 0 Å². The number of rotatable bonds is 6. The van der Waals surface area contributed by atoms with Crippen LogP contribution in [0, 0.1) is 0 Å². The van der Waals surface area contributed by atoms with E-state index in [0.29, 0.717) is 0 Å². The zero-order valence-corrected chi connectivity index (χ0v) is 17.8. The molecular weight excluding hydrogens is 512 g/mol. The van der Waals surface area contributed by atoms with Gasteiger partial charge in [-0.2, -0.15) is 0 Å². The van der Waals surface area contributed by atoms with E-state index in [1.54, 1.807) is 13.1 Å². The van der Waals surface area contributed by atoms with Gasteiger partial charge >= 0.3 is 142 Å². The fraction of sp³-hybridized carbons (Fsp3) is 0.818. The standard InChI is InChI=1S/C11H14S2Se4/c14-8(1-6-3-12-6)10-11(17-5-16-10)9(15)2-7-4-13-7/h6-7,10-11H,1-5H2. The summed E-state index contributed by atoms with van der Waals surface area (Å²) in [6.45, 7) is 0. The van der Waals surface area contributed by atoms with Crippen LogP contribution in [0.5, 0.6) is 0 Å². The second kappa shape index (κ2) is 6.52. The van der Waals surface area contributed by atoms with Gasteiger partial charge in [-0.1, -0.05) is 0 Å². The molecule has 0 bridgehead atoms. The summed E-state index contributed by atoms with van der Waals surface area (Å²) in [5.41, 5.74) is 0. The first-order chi connectivity index (χ1) is 8.24. The minimum atomic E-state index is 0.886. The van der Waals surface area contributed by atoms with Gasteiger partial charge in [-0.3, -0.25) is 0 Å². The van der Waals surface area contributed by atoms with Crippen LogP contribution in [0.15, 0.2) is 0 Å². The zero-order valence-electron chi connectivity index (χ0n) is 9.29. The van der Waals surface area contributed by atoms with Gasteiger partial charge in [0.15, 0.2) is 0 Å². The Labute approximate surface area is 140 Å². The van der Waals surface area contributed by atoms with E-state index in [0.717, 1.165) is 50.0 Å². The normalized spacial score (nSPS) is 39.1. The molecule has 4 atom stereocenters. The maximum atomic E-state index is 3.44. The van der Waals surface area contributed by atoms with E-state index in [2.05, 4.69) is 54.7 Å². The monoisotopic (exact) mass is 530 g/mol. The average Bonchev–Trinajstić information content (AvgIpc) is 3.21. The van der Waals surface area contributed by atoms with Gasteiger partial charge in [0, 0.05) is 0 Å². The van der Waals surface area contributed by atoms with Gasteiger partial charge in [0.2, 0.25) is 0 Å². The van der Waals surface area contributed by atoms with Gasteiger partial charge in [-0.05, 0) is 0 Å². The van der Waals surface area contributed by atoms with E-state index in [9.17, 15) is 0 Å². The summed E-state index contributed by atoms with van der Waals surface area (Å²) in [5, 5.41) is 1.94. The van der Waals surface area contributed by atoms with E-state index in [-0.39, 0.29) is 0 Å². The summed E-state index contributed by atoms with van der Waals surface area (Å²) in [7, 11) is 0. The molecule has 0 aliphatic carbocycles. The van der Waals surface area contributed by atoms with Crippen LogP contribution in [0.4, 0.5) is 0 Å². The summed E-state index contributed by atoms with van der Waals surface area (Å²) in [6, 6.07) is 0. The molecule has 0 aromatic carbocycles. The summed E-state index contributed by atoms with van der Waals surface area (Å²) < 4.78 is 5.00. The molecule has 3 fully saturated rings. The first-order valence-electron chi connectivity index (χ1n) is 5.76. The molecule has 6 heteroatoms. The maximum absolute atomic E-state index is 3.44. The third-order valence-electron chi connectivity index (χ3n) is 3.07. The molecule has 0 spiro atoms. The second-order valence-corrected chi connectivity index (χ2v) is 16.0. The van der Waals surface area contributed by atoms with E-state index in [1.807, 2.05) is 0 Å². The van der Waals surface area contributed by atoms with Gasteiger partial charge in [-0.25, -0.2) is 0 Å². The number of hydrogen-bond donors (Lipinski definition) is 0. The summed E-state index contributed by atoms with van der Waals surface area (Å²) in [6.07, 6.45) is 2.74. The summed E-state index contributed by atoms with van der Waals surface area (Å²) >= 11 is 12.9. The number of hydrogen-bond acceptors (Lipinski definition) is 2. The van der Waals surface area contributed by atoms with Crippen molar-refractivity contribution in [1.82, 2.24) is 0 Å². The van der Waals surface area contributed by atoms with Gasteiger partial charge in [0.05, 0.1) is 0 Å². The van der Waals surface area contributed by atoms with Crippen molar-refractivity contribution in [3.8, 4) is 0 Å². The van der Waals surface area contributed by atoms with Crippen molar-refractivity contribution < 1.29 is 0 Å². The first-order valence-corrected chi connectivity index (χ1v) is 14.0. The molecule has 3 rings (SSSR count). The SMILES string of the molecule is [Se]=C(CC1CS1)C1[Se]C[Se]C1C(=[Se])CC1CS1. The van der Waals surface area contributed by atoms with E-state index < -0.39 is 0 Å². The Balaban J connectivity index is 1.57. The summed E-state index contributed by atoms with van der Waals surface area (Å²) in [5.74, 6) is 2.82. The van der Waals surface area contributed by atoms with Gasteiger partial charge in [0.1, 0.15) is 0 Å². The predicted octanol–water partition coefficient (Wildman–Crippen LogP) is 1.05. The molecule has 17 heavy (non-hydrogen) atoms.